The van der Waals surface area contributed by atoms with E-state index in [0.717, 1.165) is 0 Å². The molecule has 0 aliphatic heterocycles. The van der Waals surface area contributed by atoms with Gasteiger partial charge in [0.1, 0.15) is 0 Å². The largest absolute Gasteiger partial charge is 0.493 e. The minimum Gasteiger partial charge on any atom is -0.493 e. The Kier molecular flexibility index (Phi) is 2.04. The topological polar surface area (TPSA) is 44.5 Å². The van der Waals surface area contributed by atoms with Crippen LogP contribution in [0, 0.1) is 6.92 Å². The lowest BCUT2D eigenvalue weighted by Gasteiger charge is -2.05. The monoisotopic (exact) mass is 193 g/mol. The van der Waals surface area contributed by atoms with Crippen LogP contribution in [0.3, 0.4) is 0 Å². The molecule has 14 heavy (non-hydrogen) atoms. The van der Waals surface area contributed by atoms with Crippen molar-refractivity contribution in [3.63, 3.8) is 0 Å². The second kappa shape index (κ2) is 3.21. The number of aryl methyl sites for hydroxylation is 1. The molecule has 2 rings (SSSR count). The highest BCUT2D eigenvalue weighted by molar-refractivity contribution is 5.83. The number of methoxy groups -OCH3 is 2. The van der Waals surface area contributed by atoms with Crippen LogP contribution in [-0.2, 0) is 0 Å². The van der Waals surface area contributed by atoms with Crippen molar-refractivity contribution >= 4 is 11.1 Å². The summed E-state index contributed by atoms with van der Waals surface area (Å²) in [6, 6.07) is 3.61. The number of benzene rings is 1. The highest BCUT2D eigenvalue weighted by Gasteiger charge is 2.13. The molecular formula is C10H11NO3. The van der Waals surface area contributed by atoms with Crippen LogP contribution in [0.5, 0.6) is 11.5 Å². The predicted octanol–water partition coefficient (Wildman–Crippen LogP) is 2.15. The molecule has 0 saturated heterocycles. The molecule has 0 bridgehead atoms. The first-order valence-electron chi connectivity index (χ1n) is 4.24. The minimum absolute atomic E-state index is 0.613. The van der Waals surface area contributed by atoms with Crippen LogP contribution in [0.4, 0.5) is 0 Å². The third kappa shape index (κ3) is 1.19. The maximum atomic E-state index is 5.36. The molecule has 4 nitrogen and oxygen atoms in total. The number of aromatic nitrogens is 1. The Morgan fingerprint density at radius 3 is 2.64 bits per heavy atom. The third-order valence-electron chi connectivity index (χ3n) is 2.01. The number of rotatable bonds is 2. The molecule has 0 aliphatic carbocycles. The van der Waals surface area contributed by atoms with Crippen LogP contribution < -0.4 is 9.47 Å². The van der Waals surface area contributed by atoms with Crippen molar-refractivity contribution in [3.8, 4) is 11.5 Å². The zero-order valence-corrected chi connectivity index (χ0v) is 8.33. The van der Waals surface area contributed by atoms with Crippen LogP contribution in [0.1, 0.15) is 5.89 Å². The maximum absolute atomic E-state index is 5.36. The first kappa shape index (κ1) is 8.87. The highest BCUT2D eigenvalue weighted by atomic mass is 16.5. The molecule has 0 radical (unpaired) electrons. The predicted molar refractivity (Wildman–Crippen MR) is 51.9 cm³/mol. The lowest BCUT2D eigenvalue weighted by molar-refractivity contribution is 0.358. The van der Waals surface area contributed by atoms with Gasteiger partial charge in [0, 0.05) is 6.92 Å². The SMILES string of the molecule is COc1ccc2oc(C)nc2c1OC. The summed E-state index contributed by atoms with van der Waals surface area (Å²) in [5.74, 6) is 1.89. The fourth-order valence-corrected chi connectivity index (χ4v) is 1.42. The zero-order valence-electron chi connectivity index (χ0n) is 8.33. The van der Waals surface area contributed by atoms with Crippen LogP contribution >= 0.6 is 0 Å². The number of hydrogen-bond donors (Lipinski definition) is 0. The summed E-state index contributed by atoms with van der Waals surface area (Å²) in [4.78, 5) is 4.22. The van der Waals surface area contributed by atoms with Gasteiger partial charge in [0.15, 0.2) is 28.5 Å². The van der Waals surface area contributed by atoms with Gasteiger partial charge in [-0.2, -0.15) is 0 Å². The average molecular weight is 193 g/mol. The van der Waals surface area contributed by atoms with E-state index in [9.17, 15) is 0 Å². The molecule has 1 heterocycles. The Morgan fingerprint density at radius 1 is 1.21 bits per heavy atom. The first-order chi connectivity index (χ1) is 6.76. The molecule has 74 valence electrons. The van der Waals surface area contributed by atoms with Gasteiger partial charge in [0.05, 0.1) is 14.2 Å². The molecule has 0 amide bonds. The van der Waals surface area contributed by atoms with Gasteiger partial charge in [-0.05, 0) is 12.1 Å². The number of oxazole rings is 1. The van der Waals surface area contributed by atoms with Crippen LogP contribution in [0.2, 0.25) is 0 Å². The molecule has 1 aromatic carbocycles. The number of hydrogen-bond acceptors (Lipinski definition) is 4. The second-order valence-electron chi connectivity index (χ2n) is 2.88. The van der Waals surface area contributed by atoms with Gasteiger partial charge in [-0.1, -0.05) is 0 Å². The van der Waals surface area contributed by atoms with E-state index in [1.54, 1.807) is 27.2 Å². The van der Waals surface area contributed by atoms with Crippen molar-refractivity contribution < 1.29 is 13.9 Å². The van der Waals surface area contributed by atoms with E-state index in [4.69, 9.17) is 13.9 Å². The van der Waals surface area contributed by atoms with E-state index in [2.05, 4.69) is 4.98 Å². The summed E-state index contributed by atoms with van der Waals surface area (Å²) in [6.45, 7) is 1.80. The fourth-order valence-electron chi connectivity index (χ4n) is 1.42. The Balaban J connectivity index is 2.75. The molecule has 4 heteroatoms. The highest BCUT2D eigenvalue weighted by Crippen LogP contribution is 2.34. The summed E-state index contributed by atoms with van der Waals surface area (Å²) in [6.07, 6.45) is 0. The van der Waals surface area contributed by atoms with Crippen molar-refractivity contribution in [1.82, 2.24) is 4.98 Å². The van der Waals surface area contributed by atoms with Crippen molar-refractivity contribution in [2.24, 2.45) is 0 Å². The maximum Gasteiger partial charge on any atom is 0.192 e. The molecule has 1 aromatic heterocycles. The molecule has 0 atom stereocenters. The van der Waals surface area contributed by atoms with Crippen LogP contribution in [0.25, 0.3) is 11.1 Å². The molecule has 0 spiro atoms. The van der Waals surface area contributed by atoms with Gasteiger partial charge in [-0.25, -0.2) is 4.98 Å². The first-order valence-corrected chi connectivity index (χ1v) is 4.24. The Labute approximate surface area is 81.4 Å². The van der Waals surface area contributed by atoms with Crippen molar-refractivity contribution in [2.75, 3.05) is 14.2 Å². The van der Waals surface area contributed by atoms with E-state index < -0.39 is 0 Å². The molecular weight excluding hydrogens is 182 g/mol. The van der Waals surface area contributed by atoms with Gasteiger partial charge in [0.25, 0.3) is 0 Å². The van der Waals surface area contributed by atoms with E-state index in [-0.39, 0.29) is 0 Å². The normalized spacial score (nSPS) is 10.5. The van der Waals surface area contributed by atoms with Crippen LogP contribution in [-0.4, -0.2) is 19.2 Å². The van der Waals surface area contributed by atoms with E-state index in [1.807, 2.05) is 6.07 Å². The molecule has 0 N–H and O–H groups in total. The van der Waals surface area contributed by atoms with Gasteiger partial charge >= 0.3 is 0 Å². The molecule has 2 aromatic rings. The summed E-state index contributed by atoms with van der Waals surface area (Å²) in [7, 11) is 3.18. The van der Waals surface area contributed by atoms with Crippen molar-refractivity contribution in [1.29, 1.82) is 0 Å². The Morgan fingerprint density at radius 2 is 2.00 bits per heavy atom. The Hall–Kier alpha value is -1.71. The molecule has 0 aliphatic rings. The van der Waals surface area contributed by atoms with Gasteiger partial charge in [-0.15, -0.1) is 0 Å². The minimum atomic E-state index is 0.613. The Bertz CT molecular complexity index is 462. The van der Waals surface area contributed by atoms with E-state index in [0.29, 0.717) is 28.5 Å². The number of fused-ring (bicyclic) bond motifs is 1. The standard InChI is InChI=1S/C10H11NO3/c1-6-11-9-7(14-6)4-5-8(12-2)10(9)13-3/h4-5H,1-3H3. The van der Waals surface area contributed by atoms with E-state index in [1.165, 1.54) is 0 Å². The van der Waals surface area contributed by atoms with Gasteiger partial charge in [0.2, 0.25) is 0 Å². The quantitative estimate of drug-likeness (QED) is 0.733. The lowest BCUT2D eigenvalue weighted by Crippen LogP contribution is -1.90. The van der Waals surface area contributed by atoms with Gasteiger partial charge < -0.3 is 13.9 Å². The summed E-state index contributed by atoms with van der Waals surface area (Å²) in [5, 5.41) is 0. The summed E-state index contributed by atoms with van der Waals surface area (Å²) in [5.41, 5.74) is 1.41. The number of nitrogens with zero attached hydrogens (tertiary/aromatic N) is 1. The molecule has 0 saturated carbocycles. The van der Waals surface area contributed by atoms with Gasteiger partial charge in [-0.3, -0.25) is 0 Å². The third-order valence-corrected chi connectivity index (χ3v) is 2.01. The fraction of sp³-hybridized carbons (Fsp3) is 0.300. The van der Waals surface area contributed by atoms with E-state index >= 15 is 0 Å². The van der Waals surface area contributed by atoms with Crippen molar-refractivity contribution in [3.05, 3.63) is 18.0 Å². The summed E-state index contributed by atoms with van der Waals surface area (Å²) < 4.78 is 15.7. The molecule has 0 fully saturated rings. The zero-order chi connectivity index (χ0) is 10.1. The summed E-state index contributed by atoms with van der Waals surface area (Å²) >= 11 is 0. The van der Waals surface area contributed by atoms with Crippen LogP contribution in [0.15, 0.2) is 16.5 Å². The second-order valence-corrected chi connectivity index (χ2v) is 2.88. The molecule has 0 unspecified atom stereocenters. The van der Waals surface area contributed by atoms with Crippen molar-refractivity contribution in [2.45, 2.75) is 6.92 Å². The lowest BCUT2D eigenvalue weighted by atomic mass is 10.3. The average Bonchev–Trinajstić information content (AvgIpc) is 2.56. The number of ether oxygens (including phenoxy) is 2. The smallest absolute Gasteiger partial charge is 0.192 e.